The molecule has 1 aromatic rings. The summed E-state index contributed by atoms with van der Waals surface area (Å²) in [6.07, 6.45) is 2.85. The molecule has 1 fully saturated rings. The van der Waals surface area contributed by atoms with E-state index in [1.807, 2.05) is 18.7 Å². The number of hydrogen-bond donors (Lipinski definition) is 2. The summed E-state index contributed by atoms with van der Waals surface area (Å²) in [5.41, 5.74) is 1.20. The third-order valence-corrected chi connectivity index (χ3v) is 6.18. The Hall–Kier alpha value is -0.940. The highest BCUT2D eigenvalue weighted by molar-refractivity contribution is 14.0. The van der Waals surface area contributed by atoms with E-state index < -0.39 is 0 Å². The Balaban J connectivity index is 0.00000450. The molecule has 1 aliphatic heterocycles. The first-order valence-corrected chi connectivity index (χ1v) is 11.9. The molecule has 1 amide bonds. The second-order valence-corrected chi connectivity index (χ2v) is 8.60. The van der Waals surface area contributed by atoms with Gasteiger partial charge in [-0.2, -0.15) is 0 Å². The highest BCUT2D eigenvalue weighted by Crippen LogP contribution is 2.20. The van der Waals surface area contributed by atoms with Gasteiger partial charge in [-0.1, -0.05) is 0 Å². The van der Waals surface area contributed by atoms with Crippen molar-refractivity contribution in [3.63, 3.8) is 0 Å². The summed E-state index contributed by atoms with van der Waals surface area (Å²) in [6, 6.07) is 0. The molecule has 2 rings (SSSR count). The van der Waals surface area contributed by atoms with Crippen LogP contribution in [0.15, 0.2) is 10.4 Å². The molecular formula is C21H39IN6OS. The summed E-state index contributed by atoms with van der Waals surface area (Å²) in [4.78, 5) is 25.8. The number of carbonyl (C=O) groups is 1. The van der Waals surface area contributed by atoms with Crippen molar-refractivity contribution in [1.82, 2.24) is 25.4 Å². The van der Waals surface area contributed by atoms with Gasteiger partial charge in [-0.15, -0.1) is 35.3 Å². The predicted molar refractivity (Wildman–Crippen MR) is 137 cm³/mol. The Kier molecular flexibility index (Phi) is 13.5. The molecule has 0 radical (unpaired) electrons. The summed E-state index contributed by atoms with van der Waals surface area (Å²) < 4.78 is 0. The van der Waals surface area contributed by atoms with Gasteiger partial charge in [0.2, 0.25) is 5.91 Å². The number of guanidine groups is 1. The third-order valence-electron chi connectivity index (χ3n) is 5.36. The van der Waals surface area contributed by atoms with E-state index in [-0.39, 0.29) is 29.9 Å². The van der Waals surface area contributed by atoms with E-state index in [1.54, 1.807) is 11.3 Å². The Bertz CT molecular complexity index is 641. The van der Waals surface area contributed by atoms with E-state index in [9.17, 15) is 4.79 Å². The molecule has 30 heavy (non-hydrogen) atoms. The molecule has 2 N–H and O–H groups in total. The highest BCUT2D eigenvalue weighted by atomic mass is 127. The normalized spacial score (nSPS) is 15.5. The van der Waals surface area contributed by atoms with Crippen molar-refractivity contribution in [2.45, 2.75) is 53.5 Å². The van der Waals surface area contributed by atoms with Gasteiger partial charge in [-0.3, -0.25) is 14.7 Å². The lowest BCUT2D eigenvalue weighted by atomic mass is 9.97. The van der Waals surface area contributed by atoms with Gasteiger partial charge in [0.05, 0.1) is 10.7 Å². The van der Waals surface area contributed by atoms with Gasteiger partial charge in [-0.25, -0.2) is 4.98 Å². The van der Waals surface area contributed by atoms with Gasteiger partial charge >= 0.3 is 0 Å². The standard InChI is InChI=1S/C21H38N6OS.HI/c1-5-22-21(23-11-8-20(28)27(6-2)7-3)24-14-18-9-12-26(13-10-18)15-19-16-29-17(4)25-19;/h16,18H,5-15H2,1-4H3,(H2,22,23,24);1H. The molecule has 1 saturated heterocycles. The molecule has 0 aliphatic carbocycles. The van der Waals surface area contributed by atoms with Gasteiger partial charge in [0.15, 0.2) is 5.96 Å². The summed E-state index contributed by atoms with van der Waals surface area (Å²) in [5, 5.41) is 9.92. The van der Waals surface area contributed by atoms with Crippen LogP contribution >= 0.6 is 35.3 Å². The van der Waals surface area contributed by atoms with Gasteiger partial charge in [0, 0.05) is 51.1 Å². The van der Waals surface area contributed by atoms with E-state index in [0.29, 0.717) is 18.9 Å². The fraction of sp³-hybridized carbons (Fsp3) is 0.762. The molecule has 0 atom stereocenters. The van der Waals surface area contributed by atoms with Crippen LogP contribution in [0.5, 0.6) is 0 Å². The van der Waals surface area contributed by atoms with Crippen LogP contribution in [-0.2, 0) is 11.3 Å². The predicted octanol–water partition coefficient (Wildman–Crippen LogP) is 3.10. The SMILES string of the molecule is CCNC(=NCC1CCN(Cc2csc(C)n2)CC1)NCCC(=O)N(CC)CC.I. The molecule has 0 aromatic carbocycles. The summed E-state index contributed by atoms with van der Waals surface area (Å²) in [6.45, 7) is 15.2. The number of aryl methyl sites for hydroxylation is 1. The van der Waals surface area contributed by atoms with Crippen molar-refractivity contribution in [3.8, 4) is 0 Å². The lowest BCUT2D eigenvalue weighted by Crippen LogP contribution is -2.40. The Morgan fingerprint density at radius 1 is 1.27 bits per heavy atom. The Morgan fingerprint density at radius 3 is 2.53 bits per heavy atom. The molecule has 1 aromatic heterocycles. The molecular weight excluding hydrogens is 511 g/mol. The zero-order valence-corrected chi connectivity index (χ0v) is 22.1. The summed E-state index contributed by atoms with van der Waals surface area (Å²) >= 11 is 1.73. The van der Waals surface area contributed by atoms with Gasteiger partial charge in [0.1, 0.15) is 0 Å². The van der Waals surface area contributed by atoms with Gasteiger partial charge in [-0.05, 0) is 59.5 Å². The minimum absolute atomic E-state index is 0. The number of hydrogen-bond acceptors (Lipinski definition) is 5. The van der Waals surface area contributed by atoms with E-state index in [0.717, 1.165) is 56.8 Å². The minimum atomic E-state index is 0. The van der Waals surface area contributed by atoms with E-state index in [4.69, 9.17) is 4.99 Å². The molecule has 2 heterocycles. The number of halogens is 1. The molecule has 0 bridgehead atoms. The van der Waals surface area contributed by atoms with Crippen LogP contribution in [0.3, 0.4) is 0 Å². The number of piperidine rings is 1. The van der Waals surface area contributed by atoms with Crippen LogP contribution in [0.4, 0.5) is 0 Å². The Labute approximate surface area is 203 Å². The first-order valence-electron chi connectivity index (χ1n) is 11.0. The average molecular weight is 551 g/mol. The van der Waals surface area contributed by atoms with Crippen molar-refractivity contribution in [2.24, 2.45) is 10.9 Å². The summed E-state index contributed by atoms with van der Waals surface area (Å²) in [7, 11) is 0. The van der Waals surface area contributed by atoms with E-state index >= 15 is 0 Å². The summed E-state index contributed by atoms with van der Waals surface area (Å²) in [5.74, 6) is 1.64. The first kappa shape index (κ1) is 27.1. The van der Waals surface area contributed by atoms with E-state index in [1.165, 1.54) is 18.5 Å². The minimum Gasteiger partial charge on any atom is -0.357 e. The number of rotatable bonds is 10. The van der Waals surface area contributed by atoms with Crippen LogP contribution in [-0.4, -0.2) is 72.5 Å². The third kappa shape index (κ3) is 9.47. The van der Waals surface area contributed by atoms with Crippen LogP contribution in [0, 0.1) is 12.8 Å². The van der Waals surface area contributed by atoms with Gasteiger partial charge < -0.3 is 15.5 Å². The quantitative estimate of drug-likeness (QED) is 0.266. The van der Waals surface area contributed by atoms with Crippen molar-refractivity contribution < 1.29 is 4.79 Å². The molecule has 9 heteroatoms. The van der Waals surface area contributed by atoms with Crippen molar-refractivity contribution >= 4 is 47.2 Å². The van der Waals surface area contributed by atoms with Crippen LogP contribution in [0.1, 0.15) is 50.7 Å². The average Bonchev–Trinajstić information content (AvgIpc) is 3.12. The largest absolute Gasteiger partial charge is 0.357 e. The molecule has 0 unspecified atom stereocenters. The zero-order chi connectivity index (χ0) is 21.1. The van der Waals surface area contributed by atoms with Crippen LogP contribution in [0.2, 0.25) is 0 Å². The maximum absolute atomic E-state index is 12.1. The number of nitrogens with one attached hydrogen (secondary N) is 2. The topological polar surface area (TPSA) is 72.9 Å². The van der Waals surface area contributed by atoms with Crippen LogP contribution in [0.25, 0.3) is 0 Å². The lowest BCUT2D eigenvalue weighted by molar-refractivity contribution is -0.130. The first-order chi connectivity index (χ1) is 14.0. The maximum atomic E-state index is 12.1. The number of aliphatic imine (C=N–C) groups is 1. The second-order valence-electron chi connectivity index (χ2n) is 7.54. The smallest absolute Gasteiger partial charge is 0.224 e. The molecule has 1 aliphatic rings. The Morgan fingerprint density at radius 2 is 1.97 bits per heavy atom. The van der Waals surface area contributed by atoms with Gasteiger partial charge in [0.25, 0.3) is 0 Å². The zero-order valence-electron chi connectivity index (χ0n) is 18.9. The maximum Gasteiger partial charge on any atom is 0.224 e. The highest BCUT2D eigenvalue weighted by Gasteiger charge is 2.20. The fourth-order valence-electron chi connectivity index (χ4n) is 3.62. The van der Waals surface area contributed by atoms with E-state index in [2.05, 4.69) is 39.7 Å². The second kappa shape index (κ2) is 15.0. The lowest BCUT2D eigenvalue weighted by Gasteiger charge is -2.30. The van der Waals surface area contributed by atoms with Crippen molar-refractivity contribution in [1.29, 1.82) is 0 Å². The number of likely N-dealkylation sites (tertiary alicyclic amines) is 1. The number of thiazole rings is 1. The van der Waals surface area contributed by atoms with Crippen molar-refractivity contribution in [2.75, 3.05) is 45.8 Å². The number of carbonyl (C=O) groups excluding carboxylic acids is 1. The van der Waals surface area contributed by atoms with Crippen molar-refractivity contribution in [3.05, 3.63) is 16.1 Å². The number of aromatic nitrogens is 1. The van der Waals surface area contributed by atoms with Crippen LogP contribution < -0.4 is 10.6 Å². The fourth-order valence-corrected chi connectivity index (χ4v) is 4.23. The molecule has 0 saturated carbocycles. The molecule has 7 nitrogen and oxygen atoms in total. The number of nitrogens with zero attached hydrogens (tertiary/aromatic N) is 4. The monoisotopic (exact) mass is 550 g/mol. The number of amides is 1. The molecule has 0 spiro atoms. The molecule has 172 valence electrons.